The van der Waals surface area contributed by atoms with Crippen LogP contribution in [0.2, 0.25) is 0 Å². The molecule has 130 valence electrons. The SMILES string of the molecule is Cc1cccc(O[C@H](C)C(=O)NCc2nc(-c3cccs3)no2)c1C. The van der Waals surface area contributed by atoms with Crippen LogP contribution in [-0.2, 0) is 11.3 Å². The van der Waals surface area contributed by atoms with Crippen LogP contribution in [-0.4, -0.2) is 22.2 Å². The second-order valence-electron chi connectivity index (χ2n) is 5.66. The highest BCUT2D eigenvalue weighted by atomic mass is 32.1. The molecule has 2 aromatic heterocycles. The predicted octanol–water partition coefficient (Wildman–Crippen LogP) is 3.50. The fraction of sp³-hybridized carbons (Fsp3) is 0.278. The maximum atomic E-state index is 12.2. The highest BCUT2D eigenvalue weighted by Gasteiger charge is 2.17. The summed E-state index contributed by atoms with van der Waals surface area (Å²) in [5.41, 5.74) is 2.15. The van der Waals surface area contributed by atoms with Gasteiger partial charge in [0.05, 0.1) is 11.4 Å². The zero-order valence-electron chi connectivity index (χ0n) is 14.3. The number of nitrogens with one attached hydrogen (secondary N) is 1. The summed E-state index contributed by atoms with van der Waals surface area (Å²) in [4.78, 5) is 17.4. The fourth-order valence-electron chi connectivity index (χ4n) is 2.23. The zero-order valence-corrected chi connectivity index (χ0v) is 15.1. The Labute approximate surface area is 149 Å². The number of thiophene rings is 1. The molecule has 25 heavy (non-hydrogen) atoms. The van der Waals surface area contributed by atoms with Crippen LogP contribution < -0.4 is 10.1 Å². The summed E-state index contributed by atoms with van der Waals surface area (Å²) in [6.45, 7) is 5.85. The monoisotopic (exact) mass is 357 g/mol. The second kappa shape index (κ2) is 7.48. The number of benzene rings is 1. The number of ether oxygens (including phenoxy) is 1. The van der Waals surface area contributed by atoms with Gasteiger partial charge in [-0.3, -0.25) is 4.79 Å². The molecule has 1 atom stereocenters. The number of carbonyl (C=O) groups is 1. The third-order valence-corrected chi connectivity index (χ3v) is 4.72. The zero-order chi connectivity index (χ0) is 17.8. The van der Waals surface area contributed by atoms with Gasteiger partial charge in [-0.05, 0) is 49.4 Å². The predicted molar refractivity (Wildman–Crippen MR) is 95.5 cm³/mol. The number of aryl methyl sites for hydroxylation is 1. The molecular weight excluding hydrogens is 338 g/mol. The Morgan fingerprint density at radius 3 is 2.92 bits per heavy atom. The van der Waals surface area contributed by atoms with Gasteiger partial charge in [-0.25, -0.2) is 0 Å². The smallest absolute Gasteiger partial charge is 0.261 e. The molecule has 0 unspecified atom stereocenters. The van der Waals surface area contributed by atoms with Gasteiger partial charge < -0.3 is 14.6 Å². The van der Waals surface area contributed by atoms with Gasteiger partial charge in [-0.15, -0.1) is 11.3 Å². The molecule has 0 saturated carbocycles. The van der Waals surface area contributed by atoms with Crippen molar-refractivity contribution in [2.24, 2.45) is 0 Å². The van der Waals surface area contributed by atoms with Crippen LogP contribution in [0.1, 0.15) is 23.9 Å². The Hall–Kier alpha value is -2.67. The number of aromatic nitrogens is 2. The van der Waals surface area contributed by atoms with Crippen LogP contribution in [0.25, 0.3) is 10.7 Å². The molecule has 0 saturated heterocycles. The number of carbonyl (C=O) groups excluding carboxylic acids is 1. The van der Waals surface area contributed by atoms with Crippen molar-refractivity contribution in [1.29, 1.82) is 0 Å². The summed E-state index contributed by atoms with van der Waals surface area (Å²) in [5.74, 6) is 1.35. The van der Waals surface area contributed by atoms with E-state index in [1.165, 1.54) is 11.3 Å². The van der Waals surface area contributed by atoms with Crippen LogP contribution in [0.15, 0.2) is 40.2 Å². The summed E-state index contributed by atoms with van der Waals surface area (Å²) in [6, 6.07) is 9.61. The molecule has 2 heterocycles. The molecule has 0 aliphatic carbocycles. The number of amides is 1. The molecule has 1 N–H and O–H groups in total. The maximum absolute atomic E-state index is 12.2. The lowest BCUT2D eigenvalue weighted by atomic mass is 10.1. The number of nitrogens with zero attached hydrogens (tertiary/aromatic N) is 2. The number of hydrogen-bond donors (Lipinski definition) is 1. The first-order valence-electron chi connectivity index (χ1n) is 7.91. The van der Waals surface area contributed by atoms with E-state index in [-0.39, 0.29) is 12.5 Å². The third-order valence-electron chi connectivity index (χ3n) is 3.85. The average molecular weight is 357 g/mol. The number of hydrogen-bond acceptors (Lipinski definition) is 6. The van der Waals surface area contributed by atoms with E-state index in [9.17, 15) is 4.79 Å². The first-order valence-corrected chi connectivity index (χ1v) is 8.79. The van der Waals surface area contributed by atoms with Crippen LogP contribution in [0.5, 0.6) is 5.75 Å². The third kappa shape index (κ3) is 4.06. The van der Waals surface area contributed by atoms with E-state index in [2.05, 4.69) is 15.5 Å². The Kier molecular flexibility index (Phi) is 5.14. The standard InChI is InChI=1S/C18H19N3O3S/c1-11-6-4-7-14(12(11)2)23-13(3)18(22)19-10-16-20-17(21-24-16)15-8-5-9-25-15/h4-9,13H,10H2,1-3H3,(H,19,22)/t13-/m1/s1. The largest absolute Gasteiger partial charge is 0.481 e. The maximum Gasteiger partial charge on any atom is 0.261 e. The minimum absolute atomic E-state index is 0.164. The molecule has 0 spiro atoms. The van der Waals surface area contributed by atoms with Crippen molar-refractivity contribution in [1.82, 2.24) is 15.5 Å². The Morgan fingerprint density at radius 2 is 2.16 bits per heavy atom. The summed E-state index contributed by atoms with van der Waals surface area (Å²) in [5, 5.41) is 8.61. The first kappa shape index (κ1) is 17.2. The molecule has 6 nitrogen and oxygen atoms in total. The molecular formula is C18H19N3O3S. The summed E-state index contributed by atoms with van der Waals surface area (Å²) in [6.07, 6.45) is -0.625. The van der Waals surface area contributed by atoms with Gasteiger partial charge in [-0.2, -0.15) is 4.98 Å². The van der Waals surface area contributed by atoms with Gasteiger partial charge >= 0.3 is 0 Å². The molecule has 0 radical (unpaired) electrons. The van der Waals surface area contributed by atoms with Gasteiger partial charge in [-0.1, -0.05) is 23.4 Å². The normalized spacial score (nSPS) is 12.0. The molecule has 3 aromatic rings. The molecule has 0 aliphatic heterocycles. The summed E-state index contributed by atoms with van der Waals surface area (Å²) in [7, 11) is 0. The Morgan fingerprint density at radius 1 is 1.32 bits per heavy atom. The van der Waals surface area contributed by atoms with E-state index in [0.717, 1.165) is 16.0 Å². The van der Waals surface area contributed by atoms with Gasteiger partial charge in [0.25, 0.3) is 5.91 Å². The van der Waals surface area contributed by atoms with E-state index in [0.29, 0.717) is 17.5 Å². The average Bonchev–Trinajstić information content (AvgIpc) is 3.27. The van der Waals surface area contributed by atoms with Crippen molar-refractivity contribution >= 4 is 17.2 Å². The van der Waals surface area contributed by atoms with E-state index < -0.39 is 6.10 Å². The lowest BCUT2D eigenvalue weighted by Crippen LogP contribution is -2.36. The van der Waals surface area contributed by atoms with Gasteiger partial charge in [0.15, 0.2) is 6.10 Å². The molecule has 7 heteroatoms. The molecule has 1 aromatic carbocycles. The van der Waals surface area contributed by atoms with Crippen LogP contribution in [0.4, 0.5) is 0 Å². The topological polar surface area (TPSA) is 77.2 Å². The Bertz CT molecular complexity index is 858. The van der Waals surface area contributed by atoms with Crippen LogP contribution >= 0.6 is 11.3 Å². The van der Waals surface area contributed by atoms with E-state index in [4.69, 9.17) is 9.26 Å². The van der Waals surface area contributed by atoms with E-state index in [1.807, 2.05) is 49.6 Å². The molecule has 0 aliphatic rings. The van der Waals surface area contributed by atoms with Crippen molar-refractivity contribution in [3.05, 3.63) is 52.7 Å². The van der Waals surface area contributed by atoms with Crippen molar-refractivity contribution in [3.63, 3.8) is 0 Å². The number of rotatable bonds is 6. The van der Waals surface area contributed by atoms with Crippen LogP contribution in [0, 0.1) is 13.8 Å². The minimum Gasteiger partial charge on any atom is -0.481 e. The molecule has 3 rings (SSSR count). The van der Waals surface area contributed by atoms with Crippen molar-refractivity contribution < 1.29 is 14.1 Å². The van der Waals surface area contributed by atoms with Crippen molar-refractivity contribution in [2.45, 2.75) is 33.4 Å². The summed E-state index contributed by atoms with van der Waals surface area (Å²) < 4.78 is 10.9. The van der Waals surface area contributed by atoms with Gasteiger partial charge in [0, 0.05) is 0 Å². The second-order valence-corrected chi connectivity index (χ2v) is 6.61. The lowest BCUT2D eigenvalue weighted by molar-refractivity contribution is -0.127. The molecule has 0 fully saturated rings. The Balaban J connectivity index is 1.56. The quantitative estimate of drug-likeness (QED) is 0.730. The first-order chi connectivity index (χ1) is 12.0. The molecule has 1 amide bonds. The summed E-state index contributed by atoms with van der Waals surface area (Å²) >= 11 is 1.53. The molecule has 0 bridgehead atoms. The lowest BCUT2D eigenvalue weighted by Gasteiger charge is -2.16. The van der Waals surface area contributed by atoms with E-state index in [1.54, 1.807) is 6.92 Å². The van der Waals surface area contributed by atoms with Gasteiger partial charge in [0.2, 0.25) is 11.7 Å². The fourth-order valence-corrected chi connectivity index (χ4v) is 2.88. The van der Waals surface area contributed by atoms with E-state index >= 15 is 0 Å². The van der Waals surface area contributed by atoms with Gasteiger partial charge in [0.1, 0.15) is 5.75 Å². The highest BCUT2D eigenvalue weighted by Crippen LogP contribution is 2.22. The minimum atomic E-state index is -0.625. The van der Waals surface area contributed by atoms with Crippen molar-refractivity contribution in [2.75, 3.05) is 0 Å². The van der Waals surface area contributed by atoms with Crippen LogP contribution in [0.3, 0.4) is 0 Å². The van der Waals surface area contributed by atoms with Crippen molar-refractivity contribution in [3.8, 4) is 16.5 Å². The highest BCUT2D eigenvalue weighted by molar-refractivity contribution is 7.13.